The maximum Gasteiger partial charge on any atom is 0.186 e. The van der Waals surface area contributed by atoms with E-state index in [0.717, 1.165) is 6.54 Å². The van der Waals surface area contributed by atoms with Gasteiger partial charge in [0.05, 0.1) is 5.69 Å². The number of rotatable bonds is 5. The molecule has 1 aliphatic rings. The minimum absolute atomic E-state index is 0.425. The van der Waals surface area contributed by atoms with Gasteiger partial charge in [-0.15, -0.1) is 11.3 Å². The Morgan fingerprint density at radius 3 is 2.94 bits per heavy atom. The molecule has 0 bridgehead atoms. The summed E-state index contributed by atoms with van der Waals surface area (Å²) in [5.41, 5.74) is 1.20. The molecule has 1 N–H and O–H groups in total. The first-order valence-electron chi connectivity index (χ1n) is 7.10. The maximum atomic E-state index is 4.78. The van der Waals surface area contributed by atoms with E-state index in [9.17, 15) is 0 Å². The fourth-order valence-corrected chi connectivity index (χ4v) is 3.81. The molecule has 0 aliphatic carbocycles. The highest BCUT2D eigenvalue weighted by Gasteiger charge is 2.24. The van der Waals surface area contributed by atoms with Gasteiger partial charge in [-0.1, -0.05) is 6.92 Å². The molecule has 0 radical (unpaired) electrons. The Hall–Kier alpha value is -0.610. The topological polar surface area (TPSA) is 28.2 Å². The molecule has 2 unspecified atom stereocenters. The average Bonchev–Trinajstić information content (AvgIpc) is 2.92. The number of aryl methyl sites for hydroxylation is 1. The van der Waals surface area contributed by atoms with E-state index in [1.165, 1.54) is 41.5 Å². The maximum absolute atomic E-state index is 4.78. The van der Waals surface area contributed by atoms with Gasteiger partial charge in [-0.2, -0.15) is 0 Å². The molecule has 1 aliphatic heterocycles. The van der Waals surface area contributed by atoms with Crippen LogP contribution in [0.1, 0.15) is 56.6 Å². The SMILES string of the molecule is CCCNC(C)c1sc(N2CCCC2C)nc1C. The first-order chi connectivity index (χ1) is 8.63. The molecule has 1 aromatic rings. The molecule has 2 rings (SSSR count). The quantitative estimate of drug-likeness (QED) is 0.885. The van der Waals surface area contributed by atoms with Crippen molar-refractivity contribution in [3.63, 3.8) is 0 Å². The summed E-state index contributed by atoms with van der Waals surface area (Å²) in [4.78, 5) is 8.64. The minimum atomic E-state index is 0.425. The number of nitrogens with one attached hydrogen (secondary N) is 1. The summed E-state index contributed by atoms with van der Waals surface area (Å²) in [6, 6.07) is 1.08. The van der Waals surface area contributed by atoms with Crippen LogP contribution < -0.4 is 10.2 Å². The summed E-state index contributed by atoms with van der Waals surface area (Å²) in [7, 11) is 0. The number of anilines is 1. The molecule has 2 atom stereocenters. The normalized spacial score (nSPS) is 21.6. The molecule has 2 heterocycles. The van der Waals surface area contributed by atoms with Crippen LogP contribution in [-0.4, -0.2) is 24.1 Å². The van der Waals surface area contributed by atoms with Crippen molar-refractivity contribution in [2.24, 2.45) is 0 Å². The number of thiazole rings is 1. The molecule has 3 nitrogen and oxygen atoms in total. The second-order valence-corrected chi connectivity index (χ2v) is 6.32. The molecule has 1 aromatic heterocycles. The van der Waals surface area contributed by atoms with Gasteiger partial charge in [-0.05, 0) is 46.6 Å². The van der Waals surface area contributed by atoms with Crippen LogP contribution in [-0.2, 0) is 0 Å². The first-order valence-corrected chi connectivity index (χ1v) is 7.92. The van der Waals surface area contributed by atoms with Crippen LogP contribution in [0.4, 0.5) is 5.13 Å². The Morgan fingerprint density at radius 1 is 1.56 bits per heavy atom. The van der Waals surface area contributed by atoms with Gasteiger partial charge in [0, 0.05) is 23.5 Å². The second kappa shape index (κ2) is 6.02. The highest BCUT2D eigenvalue weighted by molar-refractivity contribution is 7.15. The summed E-state index contributed by atoms with van der Waals surface area (Å²) in [5, 5.41) is 4.78. The van der Waals surface area contributed by atoms with Gasteiger partial charge in [0.15, 0.2) is 5.13 Å². The Bertz CT molecular complexity index is 388. The molecular weight excluding hydrogens is 242 g/mol. The third-order valence-electron chi connectivity index (χ3n) is 3.71. The lowest BCUT2D eigenvalue weighted by atomic mass is 10.2. The first kappa shape index (κ1) is 13.8. The molecule has 102 valence electrons. The standard InChI is InChI=1S/C14H25N3S/c1-5-8-15-11(3)13-12(4)16-14(18-13)17-9-6-7-10(17)2/h10-11,15H,5-9H2,1-4H3. The molecule has 0 aromatic carbocycles. The highest BCUT2D eigenvalue weighted by atomic mass is 32.1. The molecule has 0 amide bonds. The van der Waals surface area contributed by atoms with Crippen molar-refractivity contribution < 1.29 is 0 Å². The summed E-state index contributed by atoms with van der Waals surface area (Å²) in [5.74, 6) is 0. The number of nitrogens with zero attached hydrogens (tertiary/aromatic N) is 2. The lowest BCUT2D eigenvalue weighted by Crippen LogP contribution is -2.25. The Balaban J connectivity index is 2.11. The molecule has 0 saturated carbocycles. The van der Waals surface area contributed by atoms with E-state index in [2.05, 4.69) is 37.9 Å². The van der Waals surface area contributed by atoms with Crippen molar-refractivity contribution in [1.29, 1.82) is 0 Å². The van der Waals surface area contributed by atoms with Gasteiger partial charge in [-0.25, -0.2) is 4.98 Å². The third kappa shape index (κ3) is 2.86. The van der Waals surface area contributed by atoms with Crippen LogP contribution in [0.25, 0.3) is 0 Å². The highest BCUT2D eigenvalue weighted by Crippen LogP contribution is 2.34. The minimum Gasteiger partial charge on any atom is -0.345 e. The van der Waals surface area contributed by atoms with Gasteiger partial charge in [-0.3, -0.25) is 0 Å². The molecular formula is C14H25N3S. The monoisotopic (exact) mass is 267 g/mol. The molecule has 4 heteroatoms. The zero-order chi connectivity index (χ0) is 13.1. The fourth-order valence-electron chi connectivity index (χ4n) is 2.59. The third-order valence-corrected chi connectivity index (χ3v) is 5.09. The second-order valence-electron chi connectivity index (χ2n) is 5.31. The van der Waals surface area contributed by atoms with Gasteiger partial charge in [0.1, 0.15) is 0 Å². The van der Waals surface area contributed by atoms with E-state index in [1.54, 1.807) is 0 Å². The van der Waals surface area contributed by atoms with Crippen molar-refractivity contribution in [3.8, 4) is 0 Å². The van der Waals surface area contributed by atoms with Crippen LogP contribution in [0.15, 0.2) is 0 Å². The molecule has 1 fully saturated rings. The van der Waals surface area contributed by atoms with Crippen molar-refractivity contribution in [1.82, 2.24) is 10.3 Å². The zero-order valence-electron chi connectivity index (χ0n) is 12.0. The van der Waals surface area contributed by atoms with E-state index in [1.807, 2.05) is 11.3 Å². The van der Waals surface area contributed by atoms with Crippen molar-refractivity contribution in [2.45, 2.75) is 59.0 Å². The summed E-state index contributed by atoms with van der Waals surface area (Å²) < 4.78 is 0. The van der Waals surface area contributed by atoms with E-state index in [0.29, 0.717) is 12.1 Å². The predicted octanol–water partition coefficient (Wildman–Crippen LogP) is 3.50. The van der Waals surface area contributed by atoms with Gasteiger partial charge >= 0.3 is 0 Å². The van der Waals surface area contributed by atoms with Gasteiger partial charge in [0.25, 0.3) is 0 Å². The summed E-state index contributed by atoms with van der Waals surface area (Å²) >= 11 is 1.87. The molecule has 1 saturated heterocycles. The van der Waals surface area contributed by atoms with E-state index in [-0.39, 0.29) is 0 Å². The van der Waals surface area contributed by atoms with Crippen LogP contribution in [0.2, 0.25) is 0 Å². The van der Waals surface area contributed by atoms with Crippen molar-refractivity contribution in [3.05, 3.63) is 10.6 Å². The van der Waals surface area contributed by atoms with Crippen LogP contribution in [0, 0.1) is 6.92 Å². The van der Waals surface area contributed by atoms with Crippen molar-refractivity contribution in [2.75, 3.05) is 18.0 Å². The van der Waals surface area contributed by atoms with Crippen LogP contribution >= 0.6 is 11.3 Å². The number of aromatic nitrogens is 1. The van der Waals surface area contributed by atoms with E-state index < -0.39 is 0 Å². The van der Waals surface area contributed by atoms with Crippen molar-refractivity contribution >= 4 is 16.5 Å². The Labute approximate surface area is 115 Å². The van der Waals surface area contributed by atoms with E-state index >= 15 is 0 Å². The lowest BCUT2D eigenvalue weighted by Gasteiger charge is -2.20. The summed E-state index contributed by atoms with van der Waals surface area (Å²) in [6.07, 6.45) is 3.79. The molecule has 0 spiro atoms. The van der Waals surface area contributed by atoms with Crippen LogP contribution in [0.3, 0.4) is 0 Å². The molecule has 18 heavy (non-hydrogen) atoms. The predicted molar refractivity (Wildman–Crippen MR) is 79.6 cm³/mol. The fraction of sp³-hybridized carbons (Fsp3) is 0.786. The number of hydrogen-bond donors (Lipinski definition) is 1. The van der Waals surface area contributed by atoms with Gasteiger partial charge in [0.2, 0.25) is 0 Å². The van der Waals surface area contributed by atoms with E-state index in [4.69, 9.17) is 4.98 Å². The summed E-state index contributed by atoms with van der Waals surface area (Å²) in [6.45, 7) is 11.1. The number of hydrogen-bond acceptors (Lipinski definition) is 4. The average molecular weight is 267 g/mol. The Morgan fingerprint density at radius 2 is 2.33 bits per heavy atom. The lowest BCUT2D eigenvalue weighted by molar-refractivity contribution is 0.575. The van der Waals surface area contributed by atoms with Crippen LogP contribution in [0.5, 0.6) is 0 Å². The zero-order valence-corrected chi connectivity index (χ0v) is 12.8. The Kier molecular flexibility index (Phi) is 4.62. The largest absolute Gasteiger partial charge is 0.345 e. The van der Waals surface area contributed by atoms with Gasteiger partial charge < -0.3 is 10.2 Å². The smallest absolute Gasteiger partial charge is 0.186 e.